The molecule has 0 atom stereocenters. The van der Waals surface area contributed by atoms with Crippen LogP contribution >= 0.6 is 0 Å². The van der Waals surface area contributed by atoms with Crippen molar-refractivity contribution >= 4 is 17.3 Å². The molecule has 23 heavy (non-hydrogen) atoms. The SMILES string of the molecule is O=C(O)c1ccc(N=Nc2cc(-c3ccccc3)oc2O)cc1. The first-order valence-corrected chi connectivity index (χ1v) is 6.77. The maximum absolute atomic E-state index is 10.8. The van der Waals surface area contributed by atoms with E-state index < -0.39 is 5.97 Å². The fourth-order valence-corrected chi connectivity index (χ4v) is 1.97. The van der Waals surface area contributed by atoms with Crippen molar-refractivity contribution < 1.29 is 19.4 Å². The van der Waals surface area contributed by atoms with Crippen molar-refractivity contribution in [3.63, 3.8) is 0 Å². The average Bonchev–Trinajstić information content (AvgIpc) is 2.95. The lowest BCUT2D eigenvalue weighted by Crippen LogP contribution is -1.93. The van der Waals surface area contributed by atoms with Crippen LogP contribution in [0.25, 0.3) is 11.3 Å². The van der Waals surface area contributed by atoms with Crippen LogP contribution in [-0.4, -0.2) is 16.2 Å². The number of hydrogen-bond acceptors (Lipinski definition) is 5. The van der Waals surface area contributed by atoms with Crippen molar-refractivity contribution in [2.75, 3.05) is 0 Å². The first-order valence-electron chi connectivity index (χ1n) is 6.77. The van der Waals surface area contributed by atoms with Gasteiger partial charge in [0.05, 0.1) is 11.3 Å². The highest BCUT2D eigenvalue weighted by Gasteiger charge is 2.11. The van der Waals surface area contributed by atoms with Crippen LogP contribution < -0.4 is 0 Å². The van der Waals surface area contributed by atoms with Crippen LogP contribution in [0.2, 0.25) is 0 Å². The largest absolute Gasteiger partial charge is 0.479 e. The molecule has 6 nitrogen and oxygen atoms in total. The number of benzene rings is 2. The monoisotopic (exact) mass is 308 g/mol. The molecule has 0 amide bonds. The maximum Gasteiger partial charge on any atom is 0.335 e. The third-order valence-electron chi connectivity index (χ3n) is 3.14. The molecule has 114 valence electrons. The maximum atomic E-state index is 10.8. The van der Waals surface area contributed by atoms with Gasteiger partial charge in [-0.05, 0) is 24.3 Å². The van der Waals surface area contributed by atoms with E-state index in [1.54, 1.807) is 6.07 Å². The van der Waals surface area contributed by atoms with Gasteiger partial charge in [0.1, 0.15) is 5.76 Å². The van der Waals surface area contributed by atoms with Gasteiger partial charge >= 0.3 is 11.9 Å². The van der Waals surface area contributed by atoms with Gasteiger partial charge in [-0.25, -0.2) is 4.79 Å². The Morgan fingerprint density at radius 2 is 1.65 bits per heavy atom. The number of aromatic hydroxyl groups is 1. The molecule has 1 aromatic heterocycles. The van der Waals surface area contributed by atoms with Gasteiger partial charge in [0.2, 0.25) is 0 Å². The van der Waals surface area contributed by atoms with E-state index in [0.29, 0.717) is 11.4 Å². The number of furan rings is 1. The highest BCUT2D eigenvalue weighted by atomic mass is 16.5. The molecule has 0 bridgehead atoms. The standard InChI is InChI=1S/C17H12N2O4/c20-16(21)12-6-8-13(9-7-12)18-19-14-10-15(23-17(14)22)11-4-2-1-3-5-11/h1-10,22H,(H,20,21). The van der Waals surface area contributed by atoms with Gasteiger partial charge in [0.15, 0.2) is 5.69 Å². The lowest BCUT2D eigenvalue weighted by Gasteiger charge is -1.94. The smallest absolute Gasteiger partial charge is 0.335 e. The van der Waals surface area contributed by atoms with E-state index in [1.807, 2.05) is 30.3 Å². The Labute approximate surface area is 131 Å². The number of carboxylic acid groups (broad SMARTS) is 1. The summed E-state index contributed by atoms with van der Waals surface area (Å²) in [6.07, 6.45) is 0. The van der Waals surface area contributed by atoms with Gasteiger partial charge in [-0.15, -0.1) is 5.11 Å². The molecule has 1 heterocycles. The summed E-state index contributed by atoms with van der Waals surface area (Å²) in [7, 11) is 0. The van der Waals surface area contributed by atoms with Gasteiger partial charge in [0.25, 0.3) is 0 Å². The molecule has 0 aliphatic carbocycles. The molecule has 0 aliphatic rings. The molecule has 0 radical (unpaired) electrons. The first kappa shape index (κ1) is 14.5. The van der Waals surface area contributed by atoms with Crippen molar-refractivity contribution in [1.29, 1.82) is 0 Å². The van der Waals surface area contributed by atoms with Crippen LogP contribution in [0, 0.1) is 0 Å². The van der Waals surface area contributed by atoms with Gasteiger partial charge < -0.3 is 14.6 Å². The van der Waals surface area contributed by atoms with Crippen LogP contribution in [0.3, 0.4) is 0 Å². The van der Waals surface area contributed by atoms with E-state index in [0.717, 1.165) is 5.56 Å². The molecule has 0 unspecified atom stereocenters. The van der Waals surface area contributed by atoms with Crippen molar-refractivity contribution in [1.82, 2.24) is 0 Å². The third-order valence-corrected chi connectivity index (χ3v) is 3.14. The quantitative estimate of drug-likeness (QED) is 0.679. The van der Waals surface area contributed by atoms with Crippen LogP contribution in [-0.2, 0) is 0 Å². The zero-order valence-electron chi connectivity index (χ0n) is 11.9. The molecular weight excluding hydrogens is 296 g/mol. The van der Waals surface area contributed by atoms with Crippen LogP contribution in [0.15, 0.2) is 75.3 Å². The Morgan fingerprint density at radius 3 is 2.30 bits per heavy atom. The second-order valence-corrected chi connectivity index (χ2v) is 4.72. The molecule has 0 saturated heterocycles. The minimum Gasteiger partial charge on any atom is -0.479 e. The van der Waals surface area contributed by atoms with E-state index in [9.17, 15) is 9.90 Å². The summed E-state index contributed by atoms with van der Waals surface area (Å²) >= 11 is 0. The number of nitrogens with zero attached hydrogens (tertiary/aromatic N) is 2. The zero-order valence-corrected chi connectivity index (χ0v) is 11.9. The van der Waals surface area contributed by atoms with E-state index in [2.05, 4.69) is 10.2 Å². The van der Waals surface area contributed by atoms with Crippen LogP contribution in [0.4, 0.5) is 11.4 Å². The Hall–Kier alpha value is -3.41. The van der Waals surface area contributed by atoms with Crippen molar-refractivity contribution in [3.05, 3.63) is 66.2 Å². The van der Waals surface area contributed by atoms with Gasteiger partial charge in [-0.2, -0.15) is 5.11 Å². The van der Waals surface area contributed by atoms with Crippen LogP contribution in [0.5, 0.6) is 5.95 Å². The molecule has 6 heteroatoms. The number of hydrogen-bond donors (Lipinski definition) is 2. The van der Waals surface area contributed by atoms with E-state index in [1.165, 1.54) is 24.3 Å². The Kier molecular flexibility index (Phi) is 3.88. The molecule has 3 aromatic rings. The summed E-state index contributed by atoms with van der Waals surface area (Å²) in [5.74, 6) is -0.846. The van der Waals surface area contributed by atoms with E-state index in [-0.39, 0.29) is 17.2 Å². The Morgan fingerprint density at radius 1 is 0.957 bits per heavy atom. The number of carbonyl (C=O) groups is 1. The summed E-state index contributed by atoms with van der Waals surface area (Å²) in [6, 6.07) is 16.8. The number of azo groups is 1. The highest BCUT2D eigenvalue weighted by Crippen LogP contribution is 2.36. The summed E-state index contributed by atoms with van der Waals surface area (Å²) in [4.78, 5) is 10.8. The molecule has 2 aromatic carbocycles. The predicted octanol–water partition coefficient (Wildman–Crippen LogP) is 4.77. The first-order chi connectivity index (χ1) is 11.1. The number of carboxylic acids is 1. The van der Waals surface area contributed by atoms with E-state index >= 15 is 0 Å². The minimum absolute atomic E-state index is 0.168. The fraction of sp³-hybridized carbons (Fsp3) is 0. The molecule has 2 N–H and O–H groups in total. The summed E-state index contributed by atoms with van der Waals surface area (Å²) in [6.45, 7) is 0. The Bertz CT molecular complexity index is 852. The van der Waals surface area contributed by atoms with Crippen molar-refractivity contribution in [2.45, 2.75) is 0 Å². The molecule has 0 spiro atoms. The highest BCUT2D eigenvalue weighted by molar-refractivity contribution is 5.87. The fourth-order valence-electron chi connectivity index (χ4n) is 1.97. The van der Waals surface area contributed by atoms with E-state index in [4.69, 9.17) is 9.52 Å². The summed E-state index contributed by atoms with van der Waals surface area (Å²) in [5, 5.41) is 26.5. The predicted molar refractivity (Wildman–Crippen MR) is 83.4 cm³/mol. The minimum atomic E-state index is -1.01. The summed E-state index contributed by atoms with van der Waals surface area (Å²) < 4.78 is 5.26. The zero-order chi connectivity index (χ0) is 16.2. The number of aromatic carboxylic acids is 1. The topological polar surface area (TPSA) is 95.4 Å². The van der Waals surface area contributed by atoms with Crippen molar-refractivity contribution in [3.8, 4) is 17.3 Å². The molecular formula is C17H12N2O4. The molecule has 3 rings (SSSR count). The average molecular weight is 308 g/mol. The molecule has 0 aliphatic heterocycles. The van der Waals surface area contributed by atoms with Crippen LogP contribution in [0.1, 0.15) is 10.4 Å². The molecule has 0 fully saturated rings. The second-order valence-electron chi connectivity index (χ2n) is 4.72. The second kappa shape index (κ2) is 6.15. The number of rotatable bonds is 4. The molecule has 0 saturated carbocycles. The van der Waals surface area contributed by atoms with Crippen molar-refractivity contribution in [2.24, 2.45) is 10.2 Å². The summed E-state index contributed by atoms with van der Waals surface area (Å²) in [5.41, 5.74) is 1.65. The normalized spacial score (nSPS) is 11.0. The third kappa shape index (κ3) is 3.26. The lowest BCUT2D eigenvalue weighted by molar-refractivity contribution is 0.0697. The van der Waals surface area contributed by atoms with Gasteiger partial charge in [0, 0.05) is 11.6 Å². The van der Waals surface area contributed by atoms with Gasteiger partial charge in [-0.3, -0.25) is 0 Å². The Balaban J connectivity index is 1.82. The lowest BCUT2D eigenvalue weighted by atomic mass is 10.2. The van der Waals surface area contributed by atoms with Gasteiger partial charge in [-0.1, -0.05) is 30.3 Å².